The molecule has 1 aromatic heterocycles. The Hall–Kier alpha value is -1.40. The molecule has 2 aliphatic rings. The van der Waals surface area contributed by atoms with Crippen LogP contribution in [0.3, 0.4) is 0 Å². The summed E-state index contributed by atoms with van der Waals surface area (Å²) in [6.07, 6.45) is 6.52. The minimum atomic E-state index is 0.0492. The zero-order valence-electron chi connectivity index (χ0n) is 11.8. The molecule has 3 rings (SSSR count). The summed E-state index contributed by atoms with van der Waals surface area (Å²) in [5, 5.41) is 3.32. The average molecular weight is 278 g/mol. The van der Waals surface area contributed by atoms with Crippen molar-refractivity contribution in [1.82, 2.24) is 19.8 Å². The Kier molecular flexibility index (Phi) is 4.32. The van der Waals surface area contributed by atoms with Gasteiger partial charge in [-0.3, -0.25) is 4.79 Å². The van der Waals surface area contributed by atoms with Crippen molar-refractivity contribution in [3.05, 3.63) is 18.2 Å². The Morgan fingerprint density at radius 2 is 2.30 bits per heavy atom. The second kappa shape index (κ2) is 6.37. The molecule has 110 valence electrons. The van der Waals surface area contributed by atoms with Crippen molar-refractivity contribution in [2.75, 3.05) is 32.8 Å². The van der Waals surface area contributed by atoms with E-state index in [1.807, 2.05) is 15.7 Å². The number of hydrogen-bond donors (Lipinski definition) is 1. The fourth-order valence-corrected chi connectivity index (χ4v) is 2.88. The number of aryl methyl sites for hydroxylation is 1. The smallest absolute Gasteiger partial charge is 0.224 e. The Morgan fingerprint density at radius 1 is 1.45 bits per heavy atom. The average Bonchev–Trinajstić information content (AvgIpc) is 3.17. The van der Waals surface area contributed by atoms with Crippen LogP contribution in [0.25, 0.3) is 0 Å². The highest BCUT2D eigenvalue weighted by Gasteiger charge is 2.21. The molecule has 6 heteroatoms. The molecule has 2 saturated heterocycles. The molecule has 0 saturated carbocycles. The van der Waals surface area contributed by atoms with Crippen LogP contribution >= 0.6 is 0 Å². The van der Waals surface area contributed by atoms with Crippen molar-refractivity contribution in [1.29, 1.82) is 0 Å². The number of carbonyl (C=O) groups is 1. The van der Waals surface area contributed by atoms with E-state index >= 15 is 0 Å². The molecule has 0 bridgehead atoms. The highest BCUT2D eigenvalue weighted by molar-refractivity contribution is 5.76. The second-order valence-corrected chi connectivity index (χ2v) is 5.41. The molecule has 0 aliphatic carbocycles. The quantitative estimate of drug-likeness (QED) is 0.874. The van der Waals surface area contributed by atoms with Crippen LogP contribution in [0.1, 0.15) is 31.1 Å². The number of hydrogen-bond acceptors (Lipinski definition) is 4. The molecule has 20 heavy (non-hydrogen) atoms. The first kappa shape index (κ1) is 13.6. The van der Waals surface area contributed by atoms with E-state index in [0.717, 1.165) is 51.3 Å². The van der Waals surface area contributed by atoms with Gasteiger partial charge in [0, 0.05) is 39.1 Å². The summed E-state index contributed by atoms with van der Waals surface area (Å²) < 4.78 is 7.80. The summed E-state index contributed by atoms with van der Waals surface area (Å²) in [6.45, 7) is 4.97. The molecule has 6 nitrogen and oxygen atoms in total. The van der Waals surface area contributed by atoms with Crippen LogP contribution in [0, 0.1) is 0 Å². The van der Waals surface area contributed by atoms with Gasteiger partial charge < -0.3 is 19.5 Å². The van der Waals surface area contributed by atoms with Gasteiger partial charge in [0.1, 0.15) is 6.10 Å². The fourth-order valence-electron chi connectivity index (χ4n) is 2.88. The van der Waals surface area contributed by atoms with E-state index in [1.165, 1.54) is 0 Å². The Balaban J connectivity index is 1.57. The van der Waals surface area contributed by atoms with E-state index in [1.54, 1.807) is 6.33 Å². The van der Waals surface area contributed by atoms with E-state index in [-0.39, 0.29) is 12.0 Å². The van der Waals surface area contributed by atoms with Crippen LogP contribution in [0.2, 0.25) is 0 Å². The van der Waals surface area contributed by atoms with Gasteiger partial charge >= 0.3 is 0 Å². The maximum Gasteiger partial charge on any atom is 0.224 e. The summed E-state index contributed by atoms with van der Waals surface area (Å²) in [7, 11) is 0. The summed E-state index contributed by atoms with van der Waals surface area (Å²) in [5.74, 6) is 0.254. The van der Waals surface area contributed by atoms with Crippen molar-refractivity contribution in [3.8, 4) is 0 Å². The number of morpholine rings is 1. The van der Waals surface area contributed by atoms with Gasteiger partial charge in [-0.05, 0) is 12.8 Å². The molecule has 2 fully saturated rings. The molecule has 3 heterocycles. The predicted molar refractivity (Wildman–Crippen MR) is 74.2 cm³/mol. The summed E-state index contributed by atoms with van der Waals surface area (Å²) in [4.78, 5) is 18.2. The van der Waals surface area contributed by atoms with Crippen LogP contribution in [-0.4, -0.2) is 53.1 Å². The molecular weight excluding hydrogens is 256 g/mol. The monoisotopic (exact) mass is 278 g/mol. The fraction of sp³-hybridized carbons (Fsp3) is 0.714. The normalized spacial score (nSPS) is 23.2. The lowest BCUT2D eigenvalue weighted by Gasteiger charge is -2.24. The minimum Gasteiger partial charge on any atom is -0.369 e. The first-order valence-corrected chi connectivity index (χ1v) is 7.45. The highest BCUT2D eigenvalue weighted by Crippen LogP contribution is 2.19. The Morgan fingerprint density at radius 3 is 3.05 bits per heavy atom. The molecule has 0 spiro atoms. The summed E-state index contributed by atoms with van der Waals surface area (Å²) in [6, 6.07) is 0. The molecule has 0 aromatic carbocycles. The third kappa shape index (κ3) is 3.02. The molecule has 1 N–H and O–H groups in total. The molecule has 1 atom stereocenters. The molecule has 2 aliphatic heterocycles. The van der Waals surface area contributed by atoms with Gasteiger partial charge in [0.05, 0.1) is 24.8 Å². The standard InChI is InChI=1S/C14H22N4O2/c19-14(17-5-1-2-6-17)3-7-18-11-16-9-12(18)13-10-15-4-8-20-13/h9,11,13,15H,1-8,10H2. The maximum atomic E-state index is 12.1. The Labute approximate surface area is 119 Å². The first-order valence-electron chi connectivity index (χ1n) is 7.45. The van der Waals surface area contributed by atoms with Gasteiger partial charge in [-0.2, -0.15) is 0 Å². The van der Waals surface area contributed by atoms with Crippen LogP contribution < -0.4 is 5.32 Å². The van der Waals surface area contributed by atoms with E-state index in [0.29, 0.717) is 13.0 Å². The number of nitrogens with zero attached hydrogens (tertiary/aromatic N) is 3. The number of carbonyl (C=O) groups excluding carboxylic acids is 1. The van der Waals surface area contributed by atoms with Crippen molar-refractivity contribution in [2.24, 2.45) is 0 Å². The lowest BCUT2D eigenvalue weighted by Crippen LogP contribution is -2.34. The van der Waals surface area contributed by atoms with Gasteiger partial charge in [0.15, 0.2) is 0 Å². The molecule has 1 amide bonds. The third-order valence-corrected chi connectivity index (χ3v) is 4.03. The van der Waals surface area contributed by atoms with Crippen LogP contribution in [0.4, 0.5) is 0 Å². The number of aromatic nitrogens is 2. The zero-order chi connectivity index (χ0) is 13.8. The highest BCUT2D eigenvalue weighted by atomic mass is 16.5. The predicted octanol–water partition coefficient (Wildman–Crippen LogP) is 0.556. The van der Waals surface area contributed by atoms with Crippen molar-refractivity contribution in [2.45, 2.75) is 31.9 Å². The van der Waals surface area contributed by atoms with Gasteiger partial charge in [-0.15, -0.1) is 0 Å². The van der Waals surface area contributed by atoms with Gasteiger partial charge in [-0.1, -0.05) is 0 Å². The minimum absolute atomic E-state index is 0.0492. The van der Waals surface area contributed by atoms with Gasteiger partial charge in [0.25, 0.3) is 0 Å². The van der Waals surface area contributed by atoms with Crippen molar-refractivity contribution >= 4 is 5.91 Å². The van der Waals surface area contributed by atoms with E-state index < -0.39 is 0 Å². The first-order chi connectivity index (χ1) is 9.84. The number of nitrogens with one attached hydrogen (secondary N) is 1. The number of likely N-dealkylation sites (tertiary alicyclic amines) is 1. The largest absolute Gasteiger partial charge is 0.369 e. The van der Waals surface area contributed by atoms with Gasteiger partial charge in [0.2, 0.25) is 5.91 Å². The number of imidazole rings is 1. The van der Waals surface area contributed by atoms with Gasteiger partial charge in [-0.25, -0.2) is 4.98 Å². The summed E-state index contributed by atoms with van der Waals surface area (Å²) >= 11 is 0. The van der Waals surface area contributed by atoms with E-state index in [2.05, 4.69) is 10.3 Å². The number of ether oxygens (including phenoxy) is 1. The maximum absolute atomic E-state index is 12.1. The van der Waals surface area contributed by atoms with Crippen LogP contribution in [-0.2, 0) is 16.1 Å². The molecule has 1 aromatic rings. The zero-order valence-corrected chi connectivity index (χ0v) is 11.8. The van der Waals surface area contributed by atoms with Crippen molar-refractivity contribution < 1.29 is 9.53 Å². The second-order valence-electron chi connectivity index (χ2n) is 5.41. The molecular formula is C14H22N4O2. The van der Waals surface area contributed by atoms with Crippen molar-refractivity contribution in [3.63, 3.8) is 0 Å². The third-order valence-electron chi connectivity index (χ3n) is 4.03. The topological polar surface area (TPSA) is 59.4 Å². The lowest BCUT2D eigenvalue weighted by atomic mass is 10.2. The molecule has 0 radical (unpaired) electrons. The number of amides is 1. The summed E-state index contributed by atoms with van der Waals surface area (Å²) in [5.41, 5.74) is 1.06. The number of rotatable bonds is 4. The Bertz CT molecular complexity index is 448. The SMILES string of the molecule is O=C(CCn1cncc1C1CNCCO1)N1CCCC1. The van der Waals surface area contributed by atoms with Crippen LogP contribution in [0.15, 0.2) is 12.5 Å². The van der Waals surface area contributed by atoms with Crippen LogP contribution in [0.5, 0.6) is 0 Å². The van der Waals surface area contributed by atoms with E-state index in [4.69, 9.17) is 4.74 Å². The van der Waals surface area contributed by atoms with E-state index in [9.17, 15) is 4.79 Å². The lowest BCUT2D eigenvalue weighted by molar-refractivity contribution is -0.130. The molecule has 1 unspecified atom stereocenters.